The summed E-state index contributed by atoms with van der Waals surface area (Å²) in [6.07, 6.45) is 0. The van der Waals surface area contributed by atoms with E-state index in [1.807, 2.05) is 42.2 Å². The van der Waals surface area contributed by atoms with E-state index in [-0.39, 0.29) is 12.5 Å². The van der Waals surface area contributed by atoms with Crippen LogP contribution >= 0.6 is 0 Å². The lowest BCUT2D eigenvalue weighted by molar-refractivity contribution is -0.133. The lowest BCUT2D eigenvalue weighted by atomic mass is 10.0. The van der Waals surface area contributed by atoms with Crippen LogP contribution in [0.5, 0.6) is 11.5 Å². The molecule has 2 aromatic carbocycles. The van der Waals surface area contributed by atoms with Gasteiger partial charge in [-0.25, -0.2) is 0 Å². The highest BCUT2D eigenvalue weighted by Gasteiger charge is 2.22. The smallest absolute Gasteiger partial charge is 0.260 e. The zero-order valence-electron chi connectivity index (χ0n) is 19.5. The van der Waals surface area contributed by atoms with Crippen LogP contribution in [0.3, 0.4) is 0 Å². The number of ether oxygens (including phenoxy) is 2. The molecular weight excluding hydrogens is 416 g/mol. The molecule has 1 aliphatic rings. The first-order valence-corrected chi connectivity index (χ1v) is 11.3. The SMILES string of the molecule is CCOc1cccc(OCC(=O)N2CCN(c3ccc(-c4ccc(C)c(C)c4)nn3)CC2)c1. The maximum atomic E-state index is 12.6. The van der Waals surface area contributed by atoms with Crippen LogP contribution < -0.4 is 14.4 Å². The van der Waals surface area contributed by atoms with Crippen molar-refractivity contribution in [1.29, 1.82) is 0 Å². The molecule has 0 unspecified atom stereocenters. The van der Waals surface area contributed by atoms with Gasteiger partial charge in [0.25, 0.3) is 5.91 Å². The number of carbonyl (C=O) groups excluding carboxylic acids is 1. The molecule has 0 aliphatic carbocycles. The summed E-state index contributed by atoms with van der Waals surface area (Å²) in [7, 11) is 0. The maximum absolute atomic E-state index is 12.6. The number of nitrogens with zero attached hydrogens (tertiary/aromatic N) is 4. The lowest BCUT2D eigenvalue weighted by Crippen LogP contribution is -2.50. The average Bonchev–Trinajstić information content (AvgIpc) is 2.85. The van der Waals surface area contributed by atoms with Gasteiger partial charge in [-0.05, 0) is 62.2 Å². The number of benzene rings is 2. The summed E-state index contributed by atoms with van der Waals surface area (Å²) in [5.74, 6) is 2.18. The summed E-state index contributed by atoms with van der Waals surface area (Å²) in [5, 5.41) is 8.87. The maximum Gasteiger partial charge on any atom is 0.260 e. The van der Waals surface area contributed by atoms with Crippen molar-refractivity contribution in [2.45, 2.75) is 20.8 Å². The Balaban J connectivity index is 1.29. The minimum atomic E-state index is -0.0207. The van der Waals surface area contributed by atoms with Crippen LogP contribution in [-0.2, 0) is 4.79 Å². The van der Waals surface area contributed by atoms with E-state index in [4.69, 9.17) is 9.47 Å². The van der Waals surface area contributed by atoms with Crippen LogP contribution in [-0.4, -0.2) is 60.4 Å². The van der Waals surface area contributed by atoms with Gasteiger partial charge in [0.2, 0.25) is 0 Å². The molecule has 1 amide bonds. The summed E-state index contributed by atoms with van der Waals surface area (Å²) >= 11 is 0. The van der Waals surface area contributed by atoms with Gasteiger partial charge in [0.1, 0.15) is 11.5 Å². The van der Waals surface area contributed by atoms with Gasteiger partial charge >= 0.3 is 0 Å². The summed E-state index contributed by atoms with van der Waals surface area (Å²) in [6.45, 7) is 9.41. The van der Waals surface area contributed by atoms with Gasteiger partial charge in [0.15, 0.2) is 12.4 Å². The Morgan fingerprint density at radius 3 is 2.30 bits per heavy atom. The van der Waals surface area contributed by atoms with Crippen LogP contribution in [0.15, 0.2) is 54.6 Å². The van der Waals surface area contributed by atoms with Crippen LogP contribution in [0.4, 0.5) is 5.82 Å². The van der Waals surface area contributed by atoms with Crippen molar-refractivity contribution < 1.29 is 14.3 Å². The summed E-state index contributed by atoms with van der Waals surface area (Å²) in [5.41, 5.74) is 4.44. The molecule has 1 fully saturated rings. The third-order valence-electron chi connectivity index (χ3n) is 5.89. The predicted octanol–water partition coefficient (Wildman–Crippen LogP) is 3.89. The molecule has 0 N–H and O–H groups in total. The molecule has 0 bridgehead atoms. The normalized spacial score (nSPS) is 13.7. The molecule has 0 saturated carbocycles. The van der Waals surface area contributed by atoms with Crippen molar-refractivity contribution in [1.82, 2.24) is 15.1 Å². The third-order valence-corrected chi connectivity index (χ3v) is 5.89. The van der Waals surface area contributed by atoms with Gasteiger partial charge in [0.05, 0.1) is 12.3 Å². The van der Waals surface area contributed by atoms with Crippen molar-refractivity contribution >= 4 is 11.7 Å². The van der Waals surface area contributed by atoms with E-state index >= 15 is 0 Å². The van der Waals surface area contributed by atoms with E-state index in [0.29, 0.717) is 38.5 Å². The molecule has 1 saturated heterocycles. The zero-order chi connectivity index (χ0) is 23.2. The number of anilines is 1. The molecular formula is C26H30N4O3. The van der Waals surface area contributed by atoms with E-state index in [2.05, 4.69) is 47.1 Å². The van der Waals surface area contributed by atoms with Crippen molar-refractivity contribution in [2.24, 2.45) is 0 Å². The van der Waals surface area contributed by atoms with Crippen molar-refractivity contribution in [3.8, 4) is 22.8 Å². The Bertz CT molecular complexity index is 1090. The molecule has 7 heteroatoms. The Morgan fingerprint density at radius 2 is 1.64 bits per heavy atom. The molecule has 7 nitrogen and oxygen atoms in total. The minimum absolute atomic E-state index is 0.0139. The molecule has 0 spiro atoms. The fraction of sp³-hybridized carbons (Fsp3) is 0.346. The first kappa shape index (κ1) is 22.6. The minimum Gasteiger partial charge on any atom is -0.494 e. The molecule has 33 heavy (non-hydrogen) atoms. The van der Waals surface area contributed by atoms with E-state index in [1.54, 1.807) is 6.07 Å². The number of aryl methyl sites for hydroxylation is 2. The molecule has 0 atom stereocenters. The predicted molar refractivity (Wildman–Crippen MR) is 129 cm³/mol. The first-order chi connectivity index (χ1) is 16.0. The first-order valence-electron chi connectivity index (χ1n) is 11.3. The molecule has 2 heterocycles. The van der Waals surface area contributed by atoms with Crippen molar-refractivity contribution in [3.05, 3.63) is 65.7 Å². The van der Waals surface area contributed by atoms with Crippen LogP contribution in [0.1, 0.15) is 18.1 Å². The number of aromatic nitrogens is 2. The van der Waals surface area contributed by atoms with E-state index < -0.39 is 0 Å². The van der Waals surface area contributed by atoms with Gasteiger partial charge in [-0.2, -0.15) is 0 Å². The second-order valence-corrected chi connectivity index (χ2v) is 8.14. The topological polar surface area (TPSA) is 67.8 Å². The molecule has 1 aliphatic heterocycles. The Labute approximate surface area is 195 Å². The fourth-order valence-corrected chi connectivity index (χ4v) is 3.79. The molecule has 4 rings (SSSR count). The quantitative estimate of drug-likeness (QED) is 0.549. The molecule has 0 radical (unpaired) electrons. The third kappa shape index (κ3) is 5.61. The van der Waals surface area contributed by atoms with Crippen LogP contribution in [0.25, 0.3) is 11.3 Å². The molecule has 172 valence electrons. The van der Waals surface area contributed by atoms with Gasteiger partial charge in [-0.3, -0.25) is 4.79 Å². The van der Waals surface area contributed by atoms with Crippen LogP contribution in [0, 0.1) is 13.8 Å². The lowest BCUT2D eigenvalue weighted by Gasteiger charge is -2.35. The largest absolute Gasteiger partial charge is 0.494 e. The number of piperazine rings is 1. The monoisotopic (exact) mass is 446 g/mol. The van der Waals surface area contributed by atoms with Gasteiger partial charge in [-0.1, -0.05) is 18.2 Å². The zero-order valence-corrected chi connectivity index (χ0v) is 19.5. The second-order valence-electron chi connectivity index (χ2n) is 8.14. The number of amides is 1. The van der Waals surface area contributed by atoms with Gasteiger partial charge in [0, 0.05) is 37.8 Å². The van der Waals surface area contributed by atoms with E-state index in [1.165, 1.54) is 11.1 Å². The van der Waals surface area contributed by atoms with Gasteiger partial charge < -0.3 is 19.3 Å². The number of rotatable bonds is 7. The summed E-state index contributed by atoms with van der Waals surface area (Å²) in [6, 6.07) is 17.7. The summed E-state index contributed by atoms with van der Waals surface area (Å²) < 4.78 is 11.2. The van der Waals surface area contributed by atoms with Crippen molar-refractivity contribution in [2.75, 3.05) is 44.3 Å². The van der Waals surface area contributed by atoms with Gasteiger partial charge in [-0.15, -0.1) is 10.2 Å². The Morgan fingerprint density at radius 1 is 0.879 bits per heavy atom. The highest BCUT2D eigenvalue weighted by molar-refractivity contribution is 5.78. The molecule has 3 aromatic rings. The van der Waals surface area contributed by atoms with E-state index in [9.17, 15) is 4.79 Å². The Hall–Kier alpha value is -3.61. The number of hydrogen-bond donors (Lipinski definition) is 0. The highest BCUT2D eigenvalue weighted by Crippen LogP contribution is 2.22. The standard InChI is InChI=1S/C26H30N4O3/c1-4-32-22-6-5-7-23(17-22)33-18-26(31)30-14-12-29(13-15-30)25-11-10-24(27-28-25)21-9-8-19(2)20(3)16-21/h5-11,16-17H,4,12-15,18H2,1-3H3. The average molecular weight is 447 g/mol. The number of hydrogen-bond acceptors (Lipinski definition) is 6. The second kappa shape index (κ2) is 10.3. The Kier molecular flexibility index (Phi) is 7.07. The van der Waals surface area contributed by atoms with Crippen molar-refractivity contribution in [3.63, 3.8) is 0 Å². The highest BCUT2D eigenvalue weighted by atomic mass is 16.5. The van der Waals surface area contributed by atoms with E-state index in [0.717, 1.165) is 22.8 Å². The number of carbonyl (C=O) groups is 1. The summed E-state index contributed by atoms with van der Waals surface area (Å²) in [4.78, 5) is 16.6. The van der Waals surface area contributed by atoms with Crippen LogP contribution in [0.2, 0.25) is 0 Å². The fourth-order valence-electron chi connectivity index (χ4n) is 3.79. The molecule has 1 aromatic heterocycles.